The van der Waals surface area contributed by atoms with E-state index >= 15 is 0 Å². The van der Waals surface area contributed by atoms with Gasteiger partial charge in [-0.15, -0.1) is 0 Å². The van der Waals surface area contributed by atoms with Crippen LogP contribution < -0.4 is 0 Å². The molecule has 1 unspecified atom stereocenters. The molecule has 0 bridgehead atoms. The summed E-state index contributed by atoms with van der Waals surface area (Å²) in [4.78, 5) is 0. The van der Waals surface area contributed by atoms with Crippen molar-refractivity contribution < 1.29 is 0 Å². The number of unbranched alkanes of at least 4 members (excludes halogenated alkanes) is 1. The summed E-state index contributed by atoms with van der Waals surface area (Å²) < 4.78 is 0. The van der Waals surface area contributed by atoms with Crippen molar-refractivity contribution in [2.24, 2.45) is 0 Å². The fraction of sp³-hybridized carbons (Fsp3) is 0.280. The monoisotopic (exact) mass is 326 g/mol. The molecule has 1 atom stereocenters. The van der Waals surface area contributed by atoms with Crippen molar-refractivity contribution in [3.63, 3.8) is 0 Å². The van der Waals surface area contributed by atoms with E-state index in [0.717, 1.165) is 12.8 Å². The zero-order valence-electron chi connectivity index (χ0n) is 15.0. The van der Waals surface area contributed by atoms with Gasteiger partial charge in [0.05, 0.1) is 0 Å². The van der Waals surface area contributed by atoms with Gasteiger partial charge in [0, 0.05) is 0 Å². The molecular formula is C25H26. The molecule has 0 aliphatic heterocycles. The minimum Gasteiger partial charge on any atom is -0.0654 e. The molecule has 0 saturated heterocycles. The van der Waals surface area contributed by atoms with E-state index < -0.39 is 0 Å². The van der Waals surface area contributed by atoms with Crippen LogP contribution in [0.2, 0.25) is 0 Å². The van der Waals surface area contributed by atoms with Crippen LogP contribution in [0.4, 0.5) is 0 Å². The van der Waals surface area contributed by atoms with Crippen molar-refractivity contribution in [3.8, 4) is 11.1 Å². The smallest absolute Gasteiger partial charge is 0.00806 e. The maximum atomic E-state index is 2.48. The maximum Gasteiger partial charge on any atom is -0.00806 e. The Morgan fingerprint density at radius 2 is 1.48 bits per heavy atom. The molecule has 0 nitrogen and oxygen atoms in total. The van der Waals surface area contributed by atoms with Crippen molar-refractivity contribution in [1.29, 1.82) is 0 Å². The Hall–Kier alpha value is -2.34. The highest BCUT2D eigenvalue weighted by Crippen LogP contribution is 2.38. The molecular weight excluding hydrogens is 300 g/mol. The van der Waals surface area contributed by atoms with E-state index in [-0.39, 0.29) is 0 Å². The Labute approximate surface area is 151 Å². The first-order chi connectivity index (χ1) is 12.3. The second-order valence-corrected chi connectivity index (χ2v) is 7.27. The molecule has 4 rings (SSSR count). The van der Waals surface area contributed by atoms with E-state index in [1.54, 1.807) is 0 Å². The first kappa shape index (κ1) is 16.1. The fourth-order valence-corrected chi connectivity index (χ4v) is 4.14. The van der Waals surface area contributed by atoms with E-state index in [2.05, 4.69) is 79.7 Å². The largest absolute Gasteiger partial charge is 0.0654 e. The molecule has 1 aliphatic carbocycles. The Kier molecular flexibility index (Phi) is 4.70. The van der Waals surface area contributed by atoms with Gasteiger partial charge in [-0.05, 0) is 65.0 Å². The third kappa shape index (κ3) is 3.39. The highest BCUT2D eigenvalue weighted by atomic mass is 14.3. The van der Waals surface area contributed by atoms with Crippen LogP contribution >= 0.6 is 0 Å². The SMILES string of the molecule is CCCCc1ccc2c(c1)CC(c1ccccc1)Cc1ccccc1-2. The van der Waals surface area contributed by atoms with Crippen molar-refractivity contribution in [1.82, 2.24) is 0 Å². The average molecular weight is 326 g/mol. The third-order valence-electron chi connectivity index (χ3n) is 5.50. The first-order valence-corrected chi connectivity index (χ1v) is 9.60. The summed E-state index contributed by atoms with van der Waals surface area (Å²) in [6, 6.07) is 27.2. The Morgan fingerprint density at radius 3 is 2.32 bits per heavy atom. The van der Waals surface area contributed by atoms with Gasteiger partial charge in [0.25, 0.3) is 0 Å². The minimum atomic E-state index is 0.560. The van der Waals surface area contributed by atoms with Crippen LogP contribution in [-0.2, 0) is 19.3 Å². The highest BCUT2D eigenvalue weighted by Gasteiger charge is 2.22. The van der Waals surface area contributed by atoms with Gasteiger partial charge in [-0.1, -0.05) is 86.1 Å². The van der Waals surface area contributed by atoms with E-state index in [4.69, 9.17) is 0 Å². The van der Waals surface area contributed by atoms with Gasteiger partial charge < -0.3 is 0 Å². The van der Waals surface area contributed by atoms with E-state index in [1.165, 1.54) is 52.6 Å². The molecule has 0 saturated carbocycles. The van der Waals surface area contributed by atoms with E-state index in [0.29, 0.717) is 5.92 Å². The minimum absolute atomic E-state index is 0.560. The number of fused-ring (bicyclic) bond motifs is 3. The standard InChI is InChI=1S/C25H26/c1-2-3-9-19-14-15-25-23(16-19)18-22(20-10-5-4-6-11-20)17-21-12-7-8-13-24(21)25/h4-8,10-16,22H,2-3,9,17-18H2,1H3. The summed E-state index contributed by atoms with van der Waals surface area (Å²) in [6.45, 7) is 2.27. The normalized spacial score (nSPS) is 16.0. The van der Waals surface area contributed by atoms with E-state index in [1.807, 2.05) is 0 Å². The second-order valence-electron chi connectivity index (χ2n) is 7.27. The van der Waals surface area contributed by atoms with Crippen LogP contribution in [0.15, 0.2) is 72.8 Å². The van der Waals surface area contributed by atoms with Crippen LogP contribution in [0, 0.1) is 0 Å². The molecule has 0 heteroatoms. The quantitative estimate of drug-likeness (QED) is 0.508. The second kappa shape index (κ2) is 7.27. The van der Waals surface area contributed by atoms with Gasteiger partial charge in [-0.25, -0.2) is 0 Å². The maximum absolute atomic E-state index is 2.48. The number of hydrogen-bond donors (Lipinski definition) is 0. The summed E-state index contributed by atoms with van der Waals surface area (Å²) in [5.41, 5.74) is 8.83. The predicted octanol–water partition coefficient (Wildman–Crippen LogP) is 6.58. The van der Waals surface area contributed by atoms with Gasteiger partial charge in [0.15, 0.2) is 0 Å². The highest BCUT2D eigenvalue weighted by molar-refractivity contribution is 5.72. The van der Waals surface area contributed by atoms with Gasteiger partial charge in [-0.3, -0.25) is 0 Å². The summed E-state index contributed by atoms with van der Waals surface area (Å²) in [5.74, 6) is 0.560. The van der Waals surface area contributed by atoms with Crippen LogP contribution in [0.25, 0.3) is 11.1 Å². The van der Waals surface area contributed by atoms with Crippen LogP contribution in [0.5, 0.6) is 0 Å². The van der Waals surface area contributed by atoms with Gasteiger partial charge in [0.1, 0.15) is 0 Å². The fourth-order valence-electron chi connectivity index (χ4n) is 4.14. The van der Waals surface area contributed by atoms with Crippen LogP contribution in [0.3, 0.4) is 0 Å². The lowest BCUT2D eigenvalue weighted by Crippen LogP contribution is -2.05. The lowest BCUT2D eigenvalue weighted by molar-refractivity contribution is 0.687. The molecule has 0 spiro atoms. The molecule has 25 heavy (non-hydrogen) atoms. The molecule has 0 radical (unpaired) electrons. The lowest BCUT2D eigenvalue weighted by Gasteiger charge is -2.16. The predicted molar refractivity (Wildman–Crippen MR) is 107 cm³/mol. The topological polar surface area (TPSA) is 0 Å². The number of hydrogen-bond acceptors (Lipinski definition) is 0. The third-order valence-corrected chi connectivity index (χ3v) is 5.50. The molecule has 126 valence electrons. The van der Waals surface area contributed by atoms with Crippen molar-refractivity contribution in [2.75, 3.05) is 0 Å². The number of rotatable bonds is 4. The summed E-state index contributed by atoms with van der Waals surface area (Å²) in [5, 5.41) is 0. The van der Waals surface area contributed by atoms with Crippen LogP contribution in [-0.4, -0.2) is 0 Å². The summed E-state index contributed by atoms with van der Waals surface area (Å²) in [7, 11) is 0. The summed E-state index contributed by atoms with van der Waals surface area (Å²) in [6.07, 6.45) is 5.98. The van der Waals surface area contributed by atoms with E-state index in [9.17, 15) is 0 Å². The number of benzene rings is 3. The Bertz CT molecular complexity index is 845. The van der Waals surface area contributed by atoms with Gasteiger partial charge in [-0.2, -0.15) is 0 Å². The first-order valence-electron chi connectivity index (χ1n) is 9.60. The summed E-state index contributed by atoms with van der Waals surface area (Å²) >= 11 is 0. The number of aryl methyl sites for hydroxylation is 1. The van der Waals surface area contributed by atoms with Crippen LogP contribution in [0.1, 0.15) is 47.9 Å². The molecule has 0 heterocycles. The molecule has 3 aromatic carbocycles. The van der Waals surface area contributed by atoms with Crippen molar-refractivity contribution >= 4 is 0 Å². The van der Waals surface area contributed by atoms with Crippen molar-refractivity contribution in [2.45, 2.75) is 44.9 Å². The zero-order chi connectivity index (χ0) is 17.1. The molecule has 0 N–H and O–H groups in total. The molecule has 0 amide bonds. The average Bonchev–Trinajstić information content (AvgIpc) is 2.83. The Morgan fingerprint density at radius 1 is 0.760 bits per heavy atom. The van der Waals surface area contributed by atoms with Crippen molar-refractivity contribution in [3.05, 3.63) is 95.1 Å². The Balaban J connectivity index is 1.79. The lowest BCUT2D eigenvalue weighted by atomic mass is 9.88. The zero-order valence-corrected chi connectivity index (χ0v) is 15.0. The molecule has 0 fully saturated rings. The van der Waals surface area contributed by atoms with Gasteiger partial charge >= 0.3 is 0 Å². The molecule has 1 aliphatic rings. The van der Waals surface area contributed by atoms with Gasteiger partial charge in [0.2, 0.25) is 0 Å². The molecule has 3 aromatic rings. The molecule has 0 aromatic heterocycles.